The average molecular weight is 551 g/mol. The van der Waals surface area contributed by atoms with Gasteiger partial charge in [0.2, 0.25) is 0 Å². The normalized spacial score (nSPS) is 12.4. The number of benzene rings is 2. The van der Waals surface area contributed by atoms with Crippen LogP contribution in [-0.2, 0) is 21.2 Å². The summed E-state index contributed by atoms with van der Waals surface area (Å²) in [6, 6.07) is 9.54. The Balaban J connectivity index is 1.74. The number of aromatic nitrogens is 2. The van der Waals surface area contributed by atoms with Gasteiger partial charge in [-0.15, -0.1) is 0 Å². The molecule has 0 aliphatic carbocycles. The van der Waals surface area contributed by atoms with E-state index in [-0.39, 0.29) is 10.3 Å². The number of carboxylic acids is 1. The maximum atomic E-state index is 14.1. The molecule has 0 saturated heterocycles. The summed E-state index contributed by atoms with van der Waals surface area (Å²) >= 11 is 1.01. The number of amides is 1. The van der Waals surface area contributed by atoms with Crippen molar-refractivity contribution in [3.63, 3.8) is 0 Å². The minimum atomic E-state index is -4.55. The number of nitrogens with zero attached hydrogens (tertiary/aromatic N) is 3. The van der Waals surface area contributed by atoms with Gasteiger partial charge in [0.05, 0.1) is 27.5 Å². The Labute approximate surface area is 212 Å². The van der Waals surface area contributed by atoms with E-state index in [1.165, 1.54) is 30.6 Å². The summed E-state index contributed by atoms with van der Waals surface area (Å²) in [5, 5.41) is 9.35. The predicted octanol–water partition coefficient (Wildman–Crippen LogP) is 3.99. The second-order valence-corrected chi connectivity index (χ2v) is 10.1. The van der Waals surface area contributed by atoms with Crippen molar-refractivity contribution in [3.05, 3.63) is 83.9 Å². The van der Waals surface area contributed by atoms with E-state index in [4.69, 9.17) is 0 Å². The van der Waals surface area contributed by atoms with E-state index >= 15 is 0 Å². The highest BCUT2D eigenvalue weighted by atomic mass is 32.2. The molecule has 9 nitrogen and oxygen atoms in total. The third kappa shape index (κ3) is 5.54. The molecule has 1 amide bonds. The van der Waals surface area contributed by atoms with Crippen molar-refractivity contribution in [3.8, 4) is 0 Å². The molecule has 2 aromatic heterocycles. The number of carboxylic acid groups (broad SMARTS) is 1. The van der Waals surface area contributed by atoms with Gasteiger partial charge in [0, 0.05) is 12.6 Å². The summed E-state index contributed by atoms with van der Waals surface area (Å²) in [6.07, 6.45) is 2.02. The molecule has 0 radical (unpaired) electrons. The minimum absolute atomic E-state index is 0.160. The summed E-state index contributed by atoms with van der Waals surface area (Å²) in [4.78, 5) is 28.8. The zero-order valence-corrected chi connectivity index (χ0v) is 20.2. The number of hydrogen-bond donors (Lipinski definition) is 2. The molecule has 1 unspecified atom stereocenters. The van der Waals surface area contributed by atoms with Gasteiger partial charge < -0.3 is 5.11 Å². The molecule has 0 aliphatic rings. The number of nitrogens with one attached hydrogen (secondary N) is 1. The molecule has 0 spiro atoms. The van der Waals surface area contributed by atoms with Crippen molar-refractivity contribution in [1.29, 1.82) is 0 Å². The van der Waals surface area contributed by atoms with E-state index in [9.17, 15) is 36.3 Å². The second-order valence-electron chi connectivity index (χ2n) is 7.68. The van der Waals surface area contributed by atoms with Crippen LogP contribution in [0.2, 0.25) is 0 Å². The van der Waals surface area contributed by atoms with Gasteiger partial charge in [-0.25, -0.2) is 14.2 Å². The zero-order chi connectivity index (χ0) is 26.7. The molecule has 1 atom stereocenters. The summed E-state index contributed by atoms with van der Waals surface area (Å²) in [5.41, 5.74) is -0.973. The Hall–Kier alpha value is -4.04. The van der Waals surface area contributed by atoms with E-state index in [1.54, 1.807) is 18.2 Å². The molecule has 0 saturated carbocycles. The molecular formula is C23H17F3N4O5S2. The molecule has 0 fully saturated rings. The summed E-state index contributed by atoms with van der Waals surface area (Å²) in [6.45, 7) is -3.57. The smallest absolute Gasteiger partial charge is 0.326 e. The molecule has 4 rings (SSSR count). The van der Waals surface area contributed by atoms with Crippen molar-refractivity contribution in [2.75, 3.05) is 4.72 Å². The van der Waals surface area contributed by atoms with Crippen LogP contribution < -0.4 is 4.72 Å². The van der Waals surface area contributed by atoms with Crippen LogP contribution >= 0.6 is 11.5 Å². The Kier molecular flexibility index (Phi) is 7.40. The van der Waals surface area contributed by atoms with Crippen LogP contribution in [0.4, 0.5) is 18.9 Å². The predicted molar refractivity (Wildman–Crippen MR) is 128 cm³/mol. The lowest BCUT2D eigenvalue weighted by Gasteiger charge is -2.29. The number of alkyl halides is 2. The van der Waals surface area contributed by atoms with Crippen LogP contribution in [0.15, 0.2) is 72.0 Å². The highest BCUT2D eigenvalue weighted by Crippen LogP contribution is 2.29. The molecule has 14 heteroatoms. The Morgan fingerprint density at radius 1 is 1.11 bits per heavy atom. The van der Waals surface area contributed by atoms with Gasteiger partial charge in [-0.2, -0.15) is 21.6 Å². The van der Waals surface area contributed by atoms with Gasteiger partial charge >= 0.3 is 12.5 Å². The topological polar surface area (TPSA) is 130 Å². The zero-order valence-electron chi connectivity index (χ0n) is 18.6. The molecule has 2 N–H and O–H groups in total. The maximum Gasteiger partial charge on any atom is 0.326 e. The summed E-state index contributed by atoms with van der Waals surface area (Å²) in [5.74, 6) is -4.19. The van der Waals surface area contributed by atoms with Crippen molar-refractivity contribution < 1.29 is 36.3 Å². The van der Waals surface area contributed by atoms with E-state index in [2.05, 4.69) is 9.36 Å². The lowest BCUT2D eigenvalue weighted by molar-refractivity contribution is -0.147. The lowest BCUT2D eigenvalue weighted by atomic mass is 10.0. The Morgan fingerprint density at radius 2 is 1.84 bits per heavy atom. The number of rotatable bonds is 9. The highest BCUT2D eigenvalue weighted by molar-refractivity contribution is 7.92. The van der Waals surface area contributed by atoms with Gasteiger partial charge in [0.25, 0.3) is 15.9 Å². The van der Waals surface area contributed by atoms with Crippen molar-refractivity contribution >= 4 is 49.2 Å². The van der Waals surface area contributed by atoms with Crippen LogP contribution in [0.25, 0.3) is 10.1 Å². The SMILES string of the molecule is O=C(O)C(Cc1ccccc1)N(C(=O)c1ccc(F)cc1NS(=O)(=O)c1nccc2sncc12)C(F)F. The number of pyridine rings is 1. The fourth-order valence-corrected chi connectivity index (χ4v) is 5.53. The number of hydrogen-bond acceptors (Lipinski definition) is 7. The largest absolute Gasteiger partial charge is 0.480 e. The first-order valence-electron chi connectivity index (χ1n) is 10.5. The quantitative estimate of drug-likeness (QED) is 0.302. The van der Waals surface area contributed by atoms with Gasteiger partial charge in [-0.1, -0.05) is 30.3 Å². The van der Waals surface area contributed by atoms with Crippen molar-refractivity contribution in [2.45, 2.75) is 24.0 Å². The minimum Gasteiger partial charge on any atom is -0.480 e. The van der Waals surface area contributed by atoms with Crippen LogP contribution in [0.5, 0.6) is 0 Å². The number of halogens is 3. The molecule has 192 valence electrons. The molecule has 2 aromatic carbocycles. The first kappa shape index (κ1) is 26.0. The van der Waals surface area contributed by atoms with E-state index in [0.717, 1.165) is 23.7 Å². The molecular weight excluding hydrogens is 533 g/mol. The molecule has 0 bridgehead atoms. The van der Waals surface area contributed by atoms with Gasteiger partial charge in [0.15, 0.2) is 5.03 Å². The number of sulfonamides is 1. The van der Waals surface area contributed by atoms with Crippen molar-refractivity contribution in [2.24, 2.45) is 0 Å². The fourth-order valence-electron chi connectivity index (χ4n) is 3.61. The standard InChI is InChI=1S/C23H17F3N4O5S2/c24-14-6-7-15(17(11-14)29-37(34,35)20-16-12-28-36-19(16)8-9-27-20)21(31)30(23(25)26)18(22(32)33)10-13-4-2-1-3-5-13/h1-9,11-12,18,23,29H,10H2,(H,32,33). The fraction of sp³-hybridized carbons (Fsp3) is 0.130. The van der Waals surface area contributed by atoms with E-state index < -0.39 is 63.0 Å². The average Bonchev–Trinajstić information content (AvgIpc) is 3.32. The third-order valence-corrected chi connectivity index (χ3v) is 7.38. The Bertz CT molecular complexity index is 1570. The van der Waals surface area contributed by atoms with Gasteiger partial charge in [-0.05, 0) is 41.4 Å². The third-order valence-electron chi connectivity index (χ3n) is 5.29. The van der Waals surface area contributed by atoms with Crippen molar-refractivity contribution in [1.82, 2.24) is 14.3 Å². The second kappa shape index (κ2) is 10.5. The molecule has 0 aliphatic heterocycles. The number of anilines is 1. The number of fused-ring (bicyclic) bond motifs is 1. The van der Waals surface area contributed by atoms with Gasteiger partial charge in [-0.3, -0.25) is 14.4 Å². The maximum absolute atomic E-state index is 14.1. The first-order valence-corrected chi connectivity index (χ1v) is 12.7. The van der Waals surface area contributed by atoms with Crippen LogP contribution in [0.3, 0.4) is 0 Å². The van der Waals surface area contributed by atoms with Crippen LogP contribution in [-0.4, -0.2) is 52.2 Å². The summed E-state index contributed by atoms with van der Waals surface area (Å²) < 4.78 is 74.9. The molecule has 2 heterocycles. The number of carbonyl (C=O) groups is 2. The van der Waals surface area contributed by atoms with Crippen LogP contribution in [0.1, 0.15) is 15.9 Å². The monoisotopic (exact) mass is 550 g/mol. The Morgan fingerprint density at radius 3 is 2.51 bits per heavy atom. The summed E-state index contributed by atoms with van der Waals surface area (Å²) in [7, 11) is -4.55. The molecule has 37 heavy (non-hydrogen) atoms. The highest BCUT2D eigenvalue weighted by Gasteiger charge is 2.37. The van der Waals surface area contributed by atoms with Gasteiger partial charge in [0.1, 0.15) is 11.9 Å². The van der Waals surface area contributed by atoms with E-state index in [1.807, 2.05) is 4.72 Å². The van der Waals surface area contributed by atoms with E-state index in [0.29, 0.717) is 16.3 Å². The number of carbonyl (C=O) groups excluding carboxylic acids is 1. The van der Waals surface area contributed by atoms with Crippen LogP contribution in [0, 0.1) is 5.82 Å². The lowest BCUT2D eigenvalue weighted by Crippen LogP contribution is -2.49. The number of aliphatic carboxylic acids is 1. The molecule has 4 aromatic rings. The first-order chi connectivity index (χ1) is 17.6.